The van der Waals surface area contributed by atoms with Crippen LogP contribution in [0, 0.1) is 5.92 Å². The first-order chi connectivity index (χ1) is 12.8. The van der Waals surface area contributed by atoms with Crippen molar-refractivity contribution in [2.45, 2.75) is 90.6 Å². The Morgan fingerprint density at radius 3 is 2.37 bits per heavy atom. The van der Waals surface area contributed by atoms with Crippen molar-refractivity contribution in [2.75, 3.05) is 19.8 Å². The molecule has 1 amide bonds. The monoisotopic (exact) mass is 387 g/mol. The lowest BCUT2D eigenvalue weighted by Gasteiger charge is -2.28. The molecule has 0 spiro atoms. The van der Waals surface area contributed by atoms with Crippen LogP contribution in [0.15, 0.2) is 0 Å². The van der Waals surface area contributed by atoms with Gasteiger partial charge >= 0.3 is 5.97 Å². The van der Waals surface area contributed by atoms with Gasteiger partial charge in [-0.25, -0.2) is 0 Å². The molecule has 5 atom stereocenters. The predicted octanol–water partition coefficient (Wildman–Crippen LogP) is 1.88. The summed E-state index contributed by atoms with van der Waals surface area (Å²) in [5.74, 6) is -0.541. The Hall–Kier alpha value is -1.18. The van der Waals surface area contributed by atoms with Gasteiger partial charge in [0.2, 0.25) is 5.91 Å². The number of amides is 1. The van der Waals surface area contributed by atoms with Crippen LogP contribution >= 0.6 is 0 Å². The van der Waals surface area contributed by atoms with Crippen LogP contribution in [0.25, 0.3) is 0 Å². The Bertz CT molecular complexity index is 458. The van der Waals surface area contributed by atoms with Gasteiger partial charge in [0.25, 0.3) is 0 Å². The molecule has 0 aromatic carbocycles. The molecule has 0 bridgehead atoms. The summed E-state index contributed by atoms with van der Waals surface area (Å²) in [6, 6.07) is 0.0571. The number of hydrogen-bond acceptors (Lipinski definition) is 6. The zero-order chi connectivity index (χ0) is 20.4. The number of aliphatic hydroxyl groups is 2. The molecule has 0 radical (unpaired) electrons. The van der Waals surface area contributed by atoms with Crippen molar-refractivity contribution in [3.8, 4) is 0 Å². The summed E-state index contributed by atoms with van der Waals surface area (Å²) in [5.41, 5.74) is 0. The molecule has 1 heterocycles. The van der Waals surface area contributed by atoms with Gasteiger partial charge < -0.3 is 24.6 Å². The second-order valence-electron chi connectivity index (χ2n) is 7.62. The molecule has 0 aliphatic carbocycles. The summed E-state index contributed by atoms with van der Waals surface area (Å²) in [6.45, 7) is 8.25. The van der Waals surface area contributed by atoms with E-state index in [1.165, 1.54) is 0 Å². The van der Waals surface area contributed by atoms with Crippen LogP contribution < -0.4 is 0 Å². The molecule has 0 saturated carbocycles. The Morgan fingerprint density at radius 1 is 1.11 bits per heavy atom. The molecule has 0 aromatic rings. The maximum Gasteiger partial charge on any atom is 0.308 e. The van der Waals surface area contributed by atoms with E-state index >= 15 is 0 Å². The first-order valence-electron chi connectivity index (χ1n) is 10.2. The number of likely N-dealkylation sites (tertiary alicyclic amines) is 1. The van der Waals surface area contributed by atoms with Crippen molar-refractivity contribution in [3.05, 3.63) is 0 Å². The van der Waals surface area contributed by atoms with Crippen molar-refractivity contribution in [1.29, 1.82) is 0 Å². The van der Waals surface area contributed by atoms with Crippen molar-refractivity contribution in [2.24, 2.45) is 5.92 Å². The summed E-state index contributed by atoms with van der Waals surface area (Å²) in [5, 5.41) is 19.5. The van der Waals surface area contributed by atoms with Crippen LogP contribution in [0.5, 0.6) is 0 Å². The number of hydrogen-bond donors (Lipinski definition) is 2. The summed E-state index contributed by atoms with van der Waals surface area (Å²) >= 11 is 0. The Kier molecular flexibility index (Phi) is 10.9. The number of carbonyl (C=O) groups is 2. The van der Waals surface area contributed by atoms with Gasteiger partial charge in [-0.05, 0) is 39.0 Å². The molecule has 1 saturated heterocycles. The minimum absolute atomic E-state index is 0.0547. The number of ether oxygens (including phenoxy) is 2. The van der Waals surface area contributed by atoms with Gasteiger partial charge in [-0.15, -0.1) is 0 Å². The van der Waals surface area contributed by atoms with E-state index in [0.29, 0.717) is 25.7 Å². The van der Waals surface area contributed by atoms with E-state index in [0.717, 1.165) is 19.4 Å². The van der Waals surface area contributed by atoms with E-state index in [2.05, 4.69) is 0 Å². The van der Waals surface area contributed by atoms with Crippen molar-refractivity contribution < 1.29 is 29.3 Å². The molecule has 0 aromatic heterocycles. The highest BCUT2D eigenvalue weighted by molar-refractivity contribution is 5.78. The zero-order valence-corrected chi connectivity index (χ0v) is 17.2. The number of rotatable bonds is 13. The third-order valence-corrected chi connectivity index (χ3v) is 5.12. The lowest BCUT2D eigenvalue weighted by atomic mass is 9.99. The van der Waals surface area contributed by atoms with Crippen LogP contribution in [0.3, 0.4) is 0 Å². The van der Waals surface area contributed by atoms with E-state index in [-0.39, 0.29) is 43.2 Å². The molecule has 1 aliphatic rings. The van der Waals surface area contributed by atoms with Crippen molar-refractivity contribution in [3.63, 3.8) is 0 Å². The molecule has 2 N–H and O–H groups in total. The van der Waals surface area contributed by atoms with Gasteiger partial charge in [-0.3, -0.25) is 9.59 Å². The molecule has 1 rings (SSSR count). The second kappa shape index (κ2) is 12.3. The molecule has 1 aliphatic heterocycles. The number of esters is 1. The minimum atomic E-state index is -0.899. The normalized spacial score (nSPS) is 20.2. The van der Waals surface area contributed by atoms with Crippen molar-refractivity contribution >= 4 is 11.9 Å². The first-order valence-corrected chi connectivity index (χ1v) is 10.2. The van der Waals surface area contributed by atoms with Crippen LogP contribution in [0.2, 0.25) is 0 Å². The van der Waals surface area contributed by atoms with Crippen LogP contribution in [-0.2, 0) is 19.1 Å². The highest BCUT2D eigenvalue weighted by Gasteiger charge is 2.30. The van der Waals surface area contributed by atoms with Gasteiger partial charge in [0.1, 0.15) is 12.7 Å². The van der Waals surface area contributed by atoms with Gasteiger partial charge in [-0.2, -0.15) is 0 Å². The lowest BCUT2D eigenvalue weighted by molar-refractivity contribution is -0.153. The van der Waals surface area contributed by atoms with Crippen LogP contribution in [-0.4, -0.2) is 71.1 Å². The number of nitrogens with zero attached hydrogens (tertiary/aromatic N) is 1. The van der Waals surface area contributed by atoms with Gasteiger partial charge in [0.05, 0.1) is 24.7 Å². The van der Waals surface area contributed by atoms with Gasteiger partial charge in [0, 0.05) is 19.0 Å². The second-order valence-corrected chi connectivity index (χ2v) is 7.62. The Balaban J connectivity index is 2.30. The lowest BCUT2D eigenvalue weighted by Crippen LogP contribution is -2.38. The SMILES string of the molecule is CCC(O)CC(C)OCC(O)COC(=O)C(C)CC(CC)N1CCCC1=O. The average molecular weight is 388 g/mol. The van der Waals surface area contributed by atoms with Gasteiger partial charge in [0.15, 0.2) is 0 Å². The van der Waals surface area contributed by atoms with Gasteiger partial charge in [-0.1, -0.05) is 20.8 Å². The highest BCUT2D eigenvalue weighted by Crippen LogP contribution is 2.22. The fourth-order valence-corrected chi connectivity index (χ4v) is 3.34. The molecule has 27 heavy (non-hydrogen) atoms. The molecular formula is C20H37NO6. The summed E-state index contributed by atoms with van der Waals surface area (Å²) in [4.78, 5) is 26.0. The molecule has 7 heteroatoms. The molecular weight excluding hydrogens is 350 g/mol. The fourth-order valence-electron chi connectivity index (χ4n) is 3.34. The Labute approximate surface area is 163 Å². The smallest absolute Gasteiger partial charge is 0.308 e. The summed E-state index contributed by atoms with van der Waals surface area (Å²) < 4.78 is 10.7. The zero-order valence-electron chi connectivity index (χ0n) is 17.2. The molecule has 7 nitrogen and oxygen atoms in total. The quantitative estimate of drug-likeness (QED) is 0.469. The molecule has 5 unspecified atom stereocenters. The Morgan fingerprint density at radius 2 is 1.81 bits per heavy atom. The van der Waals surface area contributed by atoms with Crippen molar-refractivity contribution in [1.82, 2.24) is 4.90 Å². The van der Waals surface area contributed by atoms with E-state index in [1.54, 1.807) is 6.92 Å². The maximum atomic E-state index is 12.2. The predicted molar refractivity (Wildman–Crippen MR) is 102 cm³/mol. The largest absolute Gasteiger partial charge is 0.463 e. The minimum Gasteiger partial charge on any atom is -0.463 e. The third kappa shape index (κ3) is 8.58. The van der Waals surface area contributed by atoms with E-state index < -0.39 is 12.2 Å². The topological polar surface area (TPSA) is 96.3 Å². The maximum absolute atomic E-state index is 12.2. The fraction of sp³-hybridized carbons (Fsp3) is 0.900. The summed E-state index contributed by atoms with van der Waals surface area (Å²) in [7, 11) is 0. The van der Waals surface area contributed by atoms with Crippen LogP contribution in [0.4, 0.5) is 0 Å². The first kappa shape index (κ1) is 23.9. The standard InChI is InChI=1S/C20H37NO6/c1-5-16(21-9-7-8-19(21)24)10-14(3)20(25)27-13-18(23)12-26-15(4)11-17(22)6-2/h14-18,22-23H,5-13H2,1-4H3. The average Bonchev–Trinajstić information content (AvgIpc) is 3.07. The molecule has 1 fully saturated rings. The highest BCUT2D eigenvalue weighted by atomic mass is 16.5. The van der Waals surface area contributed by atoms with E-state index in [9.17, 15) is 19.8 Å². The number of aliphatic hydroxyl groups excluding tert-OH is 2. The van der Waals surface area contributed by atoms with E-state index in [1.807, 2.05) is 25.7 Å². The number of carbonyl (C=O) groups excluding carboxylic acids is 2. The molecule has 158 valence electrons. The third-order valence-electron chi connectivity index (χ3n) is 5.12. The van der Waals surface area contributed by atoms with E-state index in [4.69, 9.17) is 9.47 Å². The summed E-state index contributed by atoms with van der Waals surface area (Å²) in [6.07, 6.45) is 2.53. The van der Waals surface area contributed by atoms with Crippen LogP contribution in [0.1, 0.15) is 66.2 Å².